The molecule has 0 unspecified atom stereocenters. The predicted octanol–water partition coefficient (Wildman–Crippen LogP) is 1.53. The van der Waals surface area contributed by atoms with Crippen molar-refractivity contribution in [3.05, 3.63) is 32.8 Å². The van der Waals surface area contributed by atoms with E-state index >= 15 is 0 Å². The van der Waals surface area contributed by atoms with E-state index < -0.39 is 4.92 Å². The minimum absolute atomic E-state index is 0.0452. The highest BCUT2D eigenvalue weighted by Crippen LogP contribution is 2.27. The molecule has 19 heavy (non-hydrogen) atoms. The Morgan fingerprint density at radius 3 is 2.84 bits per heavy atom. The van der Waals surface area contributed by atoms with Gasteiger partial charge in [0.05, 0.1) is 22.5 Å². The maximum absolute atomic E-state index is 11.5. The minimum Gasteiger partial charge on any atom is -0.383 e. The molecular weight excluding hydrogens is 318 g/mol. The lowest BCUT2D eigenvalue weighted by molar-refractivity contribution is -0.385. The number of nitro groups is 1. The molecule has 0 fully saturated rings. The maximum atomic E-state index is 11.5. The Bertz CT molecular complexity index is 467. The number of rotatable bonds is 7. The molecule has 0 atom stereocenters. The van der Waals surface area contributed by atoms with E-state index in [0.717, 1.165) is 0 Å². The van der Waals surface area contributed by atoms with Crippen molar-refractivity contribution in [3.63, 3.8) is 0 Å². The highest BCUT2D eigenvalue weighted by molar-refractivity contribution is 9.10. The predicted molar refractivity (Wildman–Crippen MR) is 74.2 cm³/mol. The highest BCUT2D eigenvalue weighted by atomic mass is 79.9. The zero-order chi connectivity index (χ0) is 14.3. The number of benzene rings is 1. The summed E-state index contributed by atoms with van der Waals surface area (Å²) in [4.78, 5) is 21.7. The first kappa shape index (κ1) is 15.5. The van der Waals surface area contributed by atoms with Crippen molar-refractivity contribution in [1.29, 1.82) is 0 Å². The fraction of sp³-hybridized carbons (Fsp3) is 0.364. The number of nitrogens with one attached hydrogen (secondary N) is 2. The normalized spacial score (nSPS) is 10.2. The molecule has 1 aromatic rings. The lowest BCUT2D eigenvalue weighted by Crippen LogP contribution is -2.30. The number of amides is 1. The lowest BCUT2D eigenvalue weighted by Gasteiger charge is -2.07. The summed E-state index contributed by atoms with van der Waals surface area (Å²) in [6, 6.07) is 4.30. The van der Waals surface area contributed by atoms with Crippen LogP contribution >= 0.6 is 15.9 Å². The molecule has 8 heteroatoms. The van der Waals surface area contributed by atoms with Crippen LogP contribution in [0.4, 0.5) is 11.4 Å². The van der Waals surface area contributed by atoms with Gasteiger partial charge in [-0.05, 0) is 28.1 Å². The van der Waals surface area contributed by atoms with Crippen LogP contribution in [0.15, 0.2) is 22.7 Å². The summed E-state index contributed by atoms with van der Waals surface area (Å²) in [6.45, 7) is 1.25. The zero-order valence-electron chi connectivity index (χ0n) is 10.3. The van der Waals surface area contributed by atoms with Crippen molar-refractivity contribution < 1.29 is 14.5 Å². The van der Waals surface area contributed by atoms with Gasteiger partial charge in [-0.3, -0.25) is 14.9 Å². The summed E-state index contributed by atoms with van der Waals surface area (Å²) in [5.74, 6) is -0.225. The molecule has 0 aliphatic carbocycles. The molecule has 0 saturated carbocycles. The number of hydrogen-bond acceptors (Lipinski definition) is 5. The van der Waals surface area contributed by atoms with E-state index in [2.05, 4.69) is 26.6 Å². The number of nitro benzene ring substituents is 1. The zero-order valence-corrected chi connectivity index (χ0v) is 11.9. The lowest BCUT2D eigenvalue weighted by atomic mass is 10.3. The van der Waals surface area contributed by atoms with Gasteiger partial charge in [0.1, 0.15) is 0 Å². The summed E-state index contributed by atoms with van der Waals surface area (Å²) in [5, 5.41) is 16.1. The molecule has 0 heterocycles. The van der Waals surface area contributed by atoms with Crippen LogP contribution < -0.4 is 10.6 Å². The average Bonchev–Trinajstić information content (AvgIpc) is 2.34. The maximum Gasteiger partial charge on any atom is 0.283 e. The van der Waals surface area contributed by atoms with E-state index in [9.17, 15) is 14.9 Å². The van der Waals surface area contributed by atoms with E-state index in [-0.39, 0.29) is 18.1 Å². The molecule has 0 spiro atoms. The quantitative estimate of drug-likeness (QED) is 0.449. The average molecular weight is 332 g/mol. The Labute approximate surface area is 118 Å². The first-order valence-corrected chi connectivity index (χ1v) is 6.27. The minimum atomic E-state index is -0.498. The van der Waals surface area contributed by atoms with E-state index in [1.54, 1.807) is 7.11 Å². The van der Waals surface area contributed by atoms with Gasteiger partial charge in [-0.1, -0.05) is 0 Å². The Hall–Kier alpha value is -1.51. The first-order valence-electron chi connectivity index (χ1n) is 5.48. The molecule has 7 nitrogen and oxygen atoms in total. The Balaban J connectivity index is 2.51. The number of carbonyl (C=O) groups is 1. The highest BCUT2D eigenvalue weighted by Gasteiger charge is 2.12. The summed E-state index contributed by atoms with van der Waals surface area (Å²) in [5.41, 5.74) is 0.451. The van der Waals surface area contributed by atoms with Crippen LogP contribution in [0.25, 0.3) is 0 Å². The van der Waals surface area contributed by atoms with Crippen molar-refractivity contribution in [2.45, 2.75) is 0 Å². The molecule has 0 saturated heterocycles. The largest absolute Gasteiger partial charge is 0.383 e. The molecule has 2 N–H and O–H groups in total. The molecule has 0 aromatic heterocycles. The standard InChI is InChI=1S/C11H14BrN3O4/c1-19-5-4-13-7-11(16)14-8-2-3-10(15(17)18)9(12)6-8/h2-3,6,13H,4-5,7H2,1H3,(H,14,16). The molecule has 0 radical (unpaired) electrons. The molecule has 1 rings (SSSR count). The summed E-state index contributed by atoms with van der Waals surface area (Å²) in [7, 11) is 1.58. The summed E-state index contributed by atoms with van der Waals surface area (Å²) < 4.78 is 5.15. The van der Waals surface area contributed by atoms with Crippen LogP contribution in [-0.2, 0) is 9.53 Å². The Kier molecular flexibility index (Phi) is 6.40. The monoisotopic (exact) mass is 331 g/mol. The van der Waals surface area contributed by atoms with Gasteiger partial charge in [-0.2, -0.15) is 0 Å². The van der Waals surface area contributed by atoms with Gasteiger partial charge in [0.25, 0.3) is 5.69 Å². The smallest absolute Gasteiger partial charge is 0.283 e. The fourth-order valence-corrected chi connectivity index (χ4v) is 1.84. The van der Waals surface area contributed by atoms with Crippen LogP contribution in [0, 0.1) is 10.1 Å². The van der Waals surface area contributed by atoms with E-state index in [0.29, 0.717) is 23.3 Å². The van der Waals surface area contributed by atoms with Crippen molar-refractivity contribution in [2.75, 3.05) is 32.1 Å². The second-order valence-corrected chi connectivity index (χ2v) is 4.50. The third-order valence-electron chi connectivity index (χ3n) is 2.20. The van der Waals surface area contributed by atoms with Gasteiger partial charge in [0.15, 0.2) is 0 Å². The number of nitrogens with zero attached hydrogens (tertiary/aromatic N) is 1. The van der Waals surface area contributed by atoms with Gasteiger partial charge >= 0.3 is 0 Å². The van der Waals surface area contributed by atoms with Gasteiger partial charge in [-0.15, -0.1) is 0 Å². The summed E-state index contributed by atoms with van der Waals surface area (Å²) >= 11 is 3.09. The van der Waals surface area contributed by atoms with Gasteiger partial charge in [0.2, 0.25) is 5.91 Å². The SMILES string of the molecule is COCCNCC(=O)Nc1ccc([N+](=O)[O-])c(Br)c1. The number of carbonyl (C=O) groups excluding carboxylic acids is 1. The fourth-order valence-electron chi connectivity index (χ4n) is 1.31. The molecule has 0 bridgehead atoms. The third kappa shape index (κ3) is 5.33. The third-order valence-corrected chi connectivity index (χ3v) is 2.83. The van der Waals surface area contributed by atoms with Crippen LogP contribution in [0.3, 0.4) is 0 Å². The van der Waals surface area contributed by atoms with E-state index in [1.165, 1.54) is 18.2 Å². The van der Waals surface area contributed by atoms with Crippen molar-refractivity contribution in [3.8, 4) is 0 Å². The second-order valence-electron chi connectivity index (χ2n) is 3.64. The molecule has 1 aromatic carbocycles. The first-order chi connectivity index (χ1) is 9.04. The second kappa shape index (κ2) is 7.82. The van der Waals surface area contributed by atoms with Crippen LogP contribution in [0.1, 0.15) is 0 Å². The van der Waals surface area contributed by atoms with Gasteiger partial charge in [0, 0.05) is 25.4 Å². The van der Waals surface area contributed by atoms with E-state index in [1.807, 2.05) is 0 Å². The molecular formula is C11H14BrN3O4. The van der Waals surface area contributed by atoms with E-state index in [4.69, 9.17) is 4.74 Å². The summed E-state index contributed by atoms with van der Waals surface area (Å²) in [6.07, 6.45) is 0. The van der Waals surface area contributed by atoms with Crippen LogP contribution in [0.2, 0.25) is 0 Å². The van der Waals surface area contributed by atoms with Crippen LogP contribution in [-0.4, -0.2) is 37.6 Å². The van der Waals surface area contributed by atoms with Gasteiger partial charge in [-0.25, -0.2) is 0 Å². The van der Waals surface area contributed by atoms with Crippen molar-refractivity contribution >= 4 is 33.2 Å². The topological polar surface area (TPSA) is 93.5 Å². The number of hydrogen-bond donors (Lipinski definition) is 2. The molecule has 1 amide bonds. The Morgan fingerprint density at radius 2 is 2.26 bits per heavy atom. The number of anilines is 1. The molecule has 0 aliphatic heterocycles. The Morgan fingerprint density at radius 1 is 1.53 bits per heavy atom. The number of ether oxygens (including phenoxy) is 1. The molecule has 0 aliphatic rings. The van der Waals surface area contributed by atoms with Crippen molar-refractivity contribution in [1.82, 2.24) is 5.32 Å². The van der Waals surface area contributed by atoms with Crippen LogP contribution in [0.5, 0.6) is 0 Å². The van der Waals surface area contributed by atoms with Gasteiger partial charge < -0.3 is 15.4 Å². The number of methoxy groups -OCH3 is 1. The van der Waals surface area contributed by atoms with Crippen molar-refractivity contribution in [2.24, 2.45) is 0 Å². The number of halogens is 1. The molecule has 104 valence electrons.